The van der Waals surface area contributed by atoms with Gasteiger partial charge in [-0.3, -0.25) is 14.4 Å². The molecule has 1 fully saturated rings. The third kappa shape index (κ3) is 4.69. The summed E-state index contributed by atoms with van der Waals surface area (Å²) >= 11 is 1.30. The number of amides is 2. The second kappa shape index (κ2) is 7.96. The highest BCUT2D eigenvalue weighted by molar-refractivity contribution is 8.00. The quantitative estimate of drug-likeness (QED) is 0.751. The van der Waals surface area contributed by atoms with Crippen molar-refractivity contribution >= 4 is 29.5 Å². The molecule has 0 aliphatic carbocycles. The highest BCUT2D eigenvalue weighted by Gasteiger charge is 2.32. The summed E-state index contributed by atoms with van der Waals surface area (Å²) in [5.74, 6) is -1.31. The number of carbonyl (C=O) groups excluding carboxylic acids is 3. The summed E-state index contributed by atoms with van der Waals surface area (Å²) in [4.78, 5) is 35.0. The number of rotatable bonds is 5. The van der Waals surface area contributed by atoms with Gasteiger partial charge in [0, 0.05) is 5.75 Å². The maximum absolute atomic E-state index is 13.6. The van der Waals surface area contributed by atoms with Crippen LogP contribution in [0, 0.1) is 5.82 Å². The normalized spacial score (nSPS) is 20.5. The van der Waals surface area contributed by atoms with Crippen LogP contribution in [0.15, 0.2) is 24.3 Å². The minimum atomic E-state index is -0.714. The lowest BCUT2D eigenvalue weighted by Gasteiger charge is -2.28. The van der Waals surface area contributed by atoms with Crippen molar-refractivity contribution in [1.29, 1.82) is 0 Å². The number of halogens is 1. The Kier molecular flexibility index (Phi) is 5.97. The van der Waals surface area contributed by atoms with Gasteiger partial charge in [-0.1, -0.05) is 18.2 Å². The van der Waals surface area contributed by atoms with Gasteiger partial charge in [0.15, 0.2) is 0 Å². The molecule has 1 aromatic carbocycles. The summed E-state index contributed by atoms with van der Waals surface area (Å²) in [5, 5.41) is 4.55. The second-order valence-electron chi connectivity index (χ2n) is 4.97. The molecular weight excluding hydrogens is 323 g/mol. The number of hydrogen-bond acceptors (Lipinski definition) is 5. The Morgan fingerprint density at radius 2 is 2.17 bits per heavy atom. The number of esters is 1. The largest absolute Gasteiger partial charge is 0.468 e. The van der Waals surface area contributed by atoms with Gasteiger partial charge in [0.05, 0.1) is 12.4 Å². The lowest BCUT2D eigenvalue weighted by Crippen LogP contribution is -2.55. The number of nitrogens with one attached hydrogen (secondary N) is 2. The Bertz CT molecular complexity index is 611. The van der Waals surface area contributed by atoms with E-state index < -0.39 is 23.2 Å². The lowest BCUT2D eigenvalue weighted by molar-refractivity contribution is -0.141. The molecule has 23 heavy (non-hydrogen) atoms. The predicted octanol–water partition coefficient (Wildman–Crippen LogP) is 0.258. The van der Waals surface area contributed by atoms with Crippen molar-refractivity contribution < 1.29 is 23.5 Å². The van der Waals surface area contributed by atoms with Crippen LogP contribution in [0.4, 0.5) is 4.39 Å². The van der Waals surface area contributed by atoms with Gasteiger partial charge in [0.2, 0.25) is 11.8 Å². The number of methoxy groups -OCH3 is 1. The molecule has 8 heteroatoms. The molecule has 0 unspecified atom stereocenters. The number of hydrogen-bond donors (Lipinski definition) is 2. The molecule has 2 rings (SSSR count). The lowest BCUT2D eigenvalue weighted by atomic mass is 10.1. The van der Waals surface area contributed by atoms with Crippen molar-refractivity contribution in [2.75, 3.05) is 19.4 Å². The zero-order valence-electron chi connectivity index (χ0n) is 12.5. The van der Waals surface area contributed by atoms with Crippen LogP contribution >= 0.6 is 11.8 Å². The first-order valence-corrected chi connectivity index (χ1v) is 8.06. The first-order chi connectivity index (χ1) is 11.0. The molecule has 0 bridgehead atoms. The van der Waals surface area contributed by atoms with E-state index in [0.29, 0.717) is 11.3 Å². The number of thioether (sulfide) groups is 1. The fourth-order valence-electron chi connectivity index (χ4n) is 2.11. The van der Waals surface area contributed by atoms with Crippen LogP contribution in [-0.2, 0) is 25.5 Å². The van der Waals surface area contributed by atoms with Crippen molar-refractivity contribution in [1.82, 2.24) is 10.6 Å². The SMILES string of the molecule is COC(=O)CNC(=O)[C@@H]1CS[C@H](Cc2ccccc2F)C(=O)N1. The first kappa shape index (κ1) is 17.3. The average molecular weight is 340 g/mol. The Balaban J connectivity index is 1.87. The molecule has 1 saturated heterocycles. The highest BCUT2D eigenvalue weighted by atomic mass is 32.2. The third-order valence-electron chi connectivity index (χ3n) is 3.39. The number of benzene rings is 1. The summed E-state index contributed by atoms with van der Waals surface area (Å²) in [6.45, 7) is -0.245. The van der Waals surface area contributed by atoms with Gasteiger partial charge in [0.1, 0.15) is 18.4 Å². The van der Waals surface area contributed by atoms with E-state index in [4.69, 9.17) is 0 Å². The molecule has 0 spiro atoms. The van der Waals surface area contributed by atoms with Gasteiger partial charge in [0.25, 0.3) is 0 Å². The van der Waals surface area contributed by atoms with E-state index in [2.05, 4.69) is 15.4 Å². The zero-order chi connectivity index (χ0) is 16.8. The van der Waals surface area contributed by atoms with Crippen molar-refractivity contribution in [3.05, 3.63) is 35.6 Å². The van der Waals surface area contributed by atoms with Crippen LogP contribution in [0.25, 0.3) is 0 Å². The minimum Gasteiger partial charge on any atom is -0.468 e. The topological polar surface area (TPSA) is 84.5 Å². The fraction of sp³-hybridized carbons (Fsp3) is 0.400. The monoisotopic (exact) mass is 340 g/mol. The van der Waals surface area contributed by atoms with Crippen LogP contribution in [-0.4, -0.2) is 48.5 Å². The summed E-state index contributed by atoms with van der Waals surface area (Å²) < 4.78 is 18.1. The number of ether oxygens (including phenoxy) is 1. The summed E-state index contributed by atoms with van der Waals surface area (Å²) in [6.07, 6.45) is 0.264. The van der Waals surface area contributed by atoms with Crippen molar-refractivity contribution in [2.24, 2.45) is 0 Å². The van der Waals surface area contributed by atoms with E-state index in [-0.39, 0.29) is 24.7 Å². The van der Waals surface area contributed by atoms with Crippen molar-refractivity contribution in [3.8, 4) is 0 Å². The van der Waals surface area contributed by atoms with Crippen LogP contribution in [0.5, 0.6) is 0 Å². The molecule has 1 aromatic rings. The Hall–Kier alpha value is -2.09. The molecule has 6 nitrogen and oxygen atoms in total. The van der Waals surface area contributed by atoms with E-state index in [1.807, 2.05) is 0 Å². The van der Waals surface area contributed by atoms with Gasteiger partial charge in [-0.05, 0) is 18.1 Å². The Morgan fingerprint density at radius 3 is 2.83 bits per heavy atom. The van der Waals surface area contributed by atoms with Crippen LogP contribution in [0.3, 0.4) is 0 Å². The van der Waals surface area contributed by atoms with Crippen LogP contribution in [0.1, 0.15) is 5.56 Å². The smallest absolute Gasteiger partial charge is 0.325 e. The third-order valence-corrected chi connectivity index (χ3v) is 4.70. The summed E-state index contributed by atoms with van der Waals surface area (Å²) in [7, 11) is 1.22. The Morgan fingerprint density at radius 1 is 1.43 bits per heavy atom. The standard InChI is InChI=1S/C15H17FN2O4S/c1-22-13(19)7-17-14(20)11-8-23-12(15(21)18-11)6-9-4-2-3-5-10(9)16/h2-5,11-12H,6-8H2,1H3,(H,17,20)(H,18,21)/t11-,12+/m0/s1. The molecule has 1 aliphatic heterocycles. The molecule has 0 saturated carbocycles. The minimum absolute atomic E-state index is 0.245. The maximum Gasteiger partial charge on any atom is 0.325 e. The molecule has 0 radical (unpaired) electrons. The van der Waals surface area contributed by atoms with Gasteiger partial charge in [-0.2, -0.15) is 0 Å². The van der Waals surface area contributed by atoms with E-state index in [1.165, 1.54) is 24.9 Å². The number of carbonyl (C=O) groups is 3. The van der Waals surface area contributed by atoms with Gasteiger partial charge >= 0.3 is 5.97 Å². The molecule has 2 atom stereocenters. The summed E-state index contributed by atoms with van der Waals surface area (Å²) in [5.41, 5.74) is 0.466. The van der Waals surface area contributed by atoms with E-state index >= 15 is 0 Å². The molecule has 2 amide bonds. The van der Waals surface area contributed by atoms with Crippen LogP contribution in [0.2, 0.25) is 0 Å². The van der Waals surface area contributed by atoms with Gasteiger partial charge < -0.3 is 15.4 Å². The Labute approximate surface area is 137 Å². The molecule has 0 aromatic heterocycles. The van der Waals surface area contributed by atoms with Crippen molar-refractivity contribution in [2.45, 2.75) is 17.7 Å². The highest BCUT2D eigenvalue weighted by Crippen LogP contribution is 2.23. The van der Waals surface area contributed by atoms with E-state index in [0.717, 1.165) is 0 Å². The molecular formula is C15H17FN2O4S. The van der Waals surface area contributed by atoms with Gasteiger partial charge in [-0.15, -0.1) is 11.8 Å². The maximum atomic E-state index is 13.6. The van der Waals surface area contributed by atoms with Crippen LogP contribution < -0.4 is 10.6 Å². The van der Waals surface area contributed by atoms with E-state index in [1.54, 1.807) is 18.2 Å². The first-order valence-electron chi connectivity index (χ1n) is 7.01. The zero-order valence-corrected chi connectivity index (χ0v) is 13.3. The van der Waals surface area contributed by atoms with Crippen molar-refractivity contribution in [3.63, 3.8) is 0 Å². The fourth-order valence-corrected chi connectivity index (χ4v) is 3.28. The molecule has 124 valence electrons. The second-order valence-corrected chi connectivity index (χ2v) is 6.21. The molecule has 1 aliphatic rings. The van der Waals surface area contributed by atoms with E-state index in [9.17, 15) is 18.8 Å². The molecule has 2 N–H and O–H groups in total. The summed E-state index contributed by atoms with van der Waals surface area (Å²) in [6, 6.07) is 5.58. The predicted molar refractivity (Wildman–Crippen MR) is 83.3 cm³/mol. The van der Waals surface area contributed by atoms with Gasteiger partial charge in [-0.25, -0.2) is 4.39 Å². The average Bonchev–Trinajstić information content (AvgIpc) is 2.56. The molecule has 1 heterocycles.